The van der Waals surface area contributed by atoms with E-state index < -0.39 is 0 Å². The van der Waals surface area contributed by atoms with E-state index in [2.05, 4.69) is 20.8 Å². The fourth-order valence-corrected chi connectivity index (χ4v) is 1.64. The maximum atomic E-state index is 9.71. The first-order valence-electron chi connectivity index (χ1n) is 4.78. The molecule has 0 radical (unpaired) electrons. The summed E-state index contributed by atoms with van der Waals surface area (Å²) in [6.45, 7) is 8.57. The predicted octanol–water partition coefficient (Wildman–Crippen LogP) is 2.97. The van der Waals surface area contributed by atoms with Gasteiger partial charge in [-0.2, -0.15) is 0 Å². The van der Waals surface area contributed by atoms with Crippen LogP contribution in [-0.2, 0) is 0 Å². The molecule has 2 unspecified atom stereocenters. The molecule has 0 aliphatic rings. The van der Waals surface area contributed by atoms with Gasteiger partial charge in [0, 0.05) is 0 Å². The zero-order valence-corrected chi connectivity index (χ0v) is 8.35. The second-order valence-corrected chi connectivity index (χ2v) is 3.68. The van der Waals surface area contributed by atoms with Gasteiger partial charge < -0.3 is 5.11 Å². The molecule has 0 aliphatic carbocycles. The molecule has 0 aliphatic heterocycles. The zero-order chi connectivity index (χ0) is 8.91. The molecule has 0 heterocycles. The van der Waals surface area contributed by atoms with Crippen LogP contribution in [0.25, 0.3) is 0 Å². The van der Waals surface area contributed by atoms with Crippen LogP contribution in [0.1, 0.15) is 53.4 Å². The molecular formula is C10H22O. The highest BCUT2D eigenvalue weighted by atomic mass is 16.3. The third kappa shape index (κ3) is 2.82. The van der Waals surface area contributed by atoms with Crippen molar-refractivity contribution < 1.29 is 5.11 Å². The van der Waals surface area contributed by atoms with E-state index in [0.717, 1.165) is 19.3 Å². The van der Waals surface area contributed by atoms with Gasteiger partial charge in [0.15, 0.2) is 0 Å². The van der Waals surface area contributed by atoms with E-state index in [1.165, 1.54) is 6.42 Å². The largest absolute Gasteiger partial charge is 0.393 e. The first-order chi connectivity index (χ1) is 5.10. The highest BCUT2D eigenvalue weighted by molar-refractivity contribution is 4.79. The summed E-state index contributed by atoms with van der Waals surface area (Å²) < 4.78 is 0. The monoisotopic (exact) mass is 158 g/mol. The average molecular weight is 158 g/mol. The van der Waals surface area contributed by atoms with Crippen LogP contribution >= 0.6 is 0 Å². The molecule has 2 atom stereocenters. The highest BCUT2D eigenvalue weighted by Gasteiger charge is 2.28. The molecule has 11 heavy (non-hydrogen) atoms. The van der Waals surface area contributed by atoms with Gasteiger partial charge in [-0.05, 0) is 24.7 Å². The average Bonchev–Trinajstić information content (AvgIpc) is 2.03. The summed E-state index contributed by atoms with van der Waals surface area (Å²) in [5.41, 5.74) is 0.156. The smallest absolute Gasteiger partial charge is 0.0591 e. The van der Waals surface area contributed by atoms with Gasteiger partial charge in [-0.1, -0.05) is 34.1 Å². The predicted molar refractivity (Wildman–Crippen MR) is 49.6 cm³/mol. The Morgan fingerprint density at radius 3 is 2.09 bits per heavy atom. The Labute approximate surface area is 70.8 Å². The van der Waals surface area contributed by atoms with Crippen molar-refractivity contribution in [1.82, 2.24) is 0 Å². The lowest BCUT2D eigenvalue weighted by atomic mass is 9.77. The van der Waals surface area contributed by atoms with E-state index in [4.69, 9.17) is 0 Å². The molecule has 0 aromatic heterocycles. The molecular weight excluding hydrogens is 136 g/mol. The normalized spacial score (nSPS) is 19.4. The lowest BCUT2D eigenvalue weighted by molar-refractivity contribution is 0.0244. The van der Waals surface area contributed by atoms with E-state index in [1.807, 2.05) is 6.92 Å². The Bertz CT molecular complexity index is 101. The first-order valence-corrected chi connectivity index (χ1v) is 4.78. The van der Waals surface area contributed by atoms with E-state index in [-0.39, 0.29) is 11.5 Å². The molecule has 0 aromatic rings. The molecule has 0 rings (SSSR count). The third-order valence-electron chi connectivity index (χ3n) is 2.82. The minimum atomic E-state index is -0.118. The van der Waals surface area contributed by atoms with Crippen LogP contribution in [0.3, 0.4) is 0 Å². The third-order valence-corrected chi connectivity index (χ3v) is 2.82. The fourth-order valence-electron chi connectivity index (χ4n) is 1.64. The number of hydrogen-bond donors (Lipinski definition) is 1. The molecule has 0 bridgehead atoms. The van der Waals surface area contributed by atoms with Crippen LogP contribution in [0.2, 0.25) is 0 Å². The Hall–Kier alpha value is -0.0400. The Kier molecular flexibility index (Phi) is 4.74. The van der Waals surface area contributed by atoms with Gasteiger partial charge in [-0.3, -0.25) is 0 Å². The highest BCUT2D eigenvalue weighted by Crippen LogP contribution is 2.32. The van der Waals surface area contributed by atoms with Crippen molar-refractivity contribution >= 4 is 0 Å². The standard InChI is InChI=1S/C10H22O/c1-5-8-10(4,7-3)9(11)6-2/h9,11H,5-8H2,1-4H3. The number of aliphatic hydroxyl groups excluding tert-OH is 1. The second-order valence-electron chi connectivity index (χ2n) is 3.68. The molecule has 1 nitrogen and oxygen atoms in total. The molecule has 0 aromatic carbocycles. The first kappa shape index (κ1) is 11.0. The molecule has 1 N–H and O–H groups in total. The number of hydrogen-bond acceptors (Lipinski definition) is 1. The van der Waals surface area contributed by atoms with Gasteiger partial charge in [-0.25, -0.2) is 0 Å². The van der Waals surface area contributed by atoms with E-state index in [1.54, 1.807) is 0 Å². The van der Waals surface area contributed by atoms with Crippen molar-refractivity contribution in [1.29, 1.82) is 0 Å². The minimum absolute atomic E-state index is 0.118. The van der Waals surface area contributed by atoms with Crippen LogP contribution in [-0.4, -0.2) is 11.2 Å². The minimum Gasteiger partial charge on any atom is -0.393 e. The van der Waals surface area contributed by atoms with Crippen LogP contribution in [0.4, 0.5) is 0 Å². The molecule has 1 heteroatoms. The Morgan fingerprint density at radius 1 is 1.27 bits per heavy atom. The maximum Gasteiger partial charge on any atom is 0.0591 e. The molecule has 0 amide bonds. The Morgan fingerprint density at radius 2 is 1.82 bits per heavy atom. The summed E-state index contributed by atoms with van der Waals surface area (Å²) in [6, 6.07) is 0. The van der Waals surface area contributed by atoms with E-state index >= 15 is 0 Å². The van der Waals surface area contributed by atoms with Gasteiger partial charge in [0.2, 0.25) is 0 Å². The molecule has 0 saturated heterocycles. The summed E-state index contributed by atoms with van der Waals surface area (Å²) in [5.74, 6) is 0. The Balaban J connectivity index is 4.07. The zero-order valence-electron chi connectivity index (χ0n) is 8.35. The summed E-state index contributed by atoms with van der Waals surface area (Å²) in [7, 11) is 0. The SMILES string of the molecule is CCCC(C)(CC)C(O)CC. The van der Waals surface area contributed by atoms with Crippen LogP contribution in [0.15, 0.2) is 0 Å². The van der Waals surface area contributed by atoms with Crippen LogP contribution < -0.4 is 0 Å². The van der Waals surface area contributed by atoms with E-state index in [0.29, 0.717) is 0 Å². The van der Waals surface area contributed by atoms with Crippen molar-refractivity contribution in [3.63, 3.8) is 0 Å². The lowest BCUT2D eigenvalue weighted by Crippen LogP contribution is -2.30. The van der Waals surface area contributed by atoms with Crippen molar-refractivity contribution in [2.24, 2.45) is 5.41 Å². The van der Waals surface area contributed by atoms with Crippen molar-refractivity contribution in [3.8, 4) is 0 Å². The fraction of sp³-hybridized carbons (Fsp3) is 1.00. The van der Waals surface area contributed by atoms with Crippen molar-refractivity contribution in [2.75, 3.05) is 0 Å². The van der Waals surface area contributed by atoms with Crippen LogP contribution in [0.5, 0.6) is 0 Å². The van der Waals surface area contributed by atoms with Crippen molar-refractivity contribution in [3.05, 3.63) is 0 Å². The van der Waals surface area contributed by atoms with Gasteiger partial charge in [0.05, 0.1) is 6.10 Å². The molecule has 68 valence electrons. The second kappa shape index (κ2) is 4.76. The number of aliphatic hydroxyl groups is 1. The molecule has 0 saturated carbocycles. The van der Waals surface area contributed by atoms with E-state index in [9.17, 15) is 5.11 Å². The van der Waals surface area contributed by atoms with Gasteiger partial charge in [0.25, 0.3) is 0 Å². The van der Waals surface area contributed by atoms with Gasteiger partial charge >= 0.3 is 0 Å². The summed E-state index contributed by atoms with van der Waals surface area (Å²) >= 11 is 0. The lowest BCUT2D eigenvalue weighted by Gasteiger charge is -2.32. The maximum absolute atomic E-state index is 9.71. The van der Waals surface area contributed by atoms with Crippen LogP contribution in [0, 0.1) is 5.41 Å². The molecule has 0 fully saturated rings. The molecule has 0 spiro atoms. The number of rotatable bonds is 5. The van der Waals surface area contributed by atoms with Gasteiger partial charge in [-0.15, -0.1) is 0 Å². The topological polar surface area (TPSA) is 20.2 Å². The van der Waals surface area contributed by atoms with Gasteiger partial charge in [0.1, 0.15) is 0 Å². The summed E-state index contributed by atoms with van der Waals surface area (Å²) in [6.07, 6.45) is 4.15. The summed E-state index contributed by atoms with van der Waals surface area (Å²) in [4.78, 5) is 0. The summed E-state index contributed by atoms with van der Waals surface area (Å²) in [5, 5.41) is 9.71. The van der Waals surface area contributed by atoms with Crippen molar-refractivity contribution in [2.45, 2.75) is 59.5 Å². The quantitative estimate of drug-likeness (QED) is 0.652.